The first-order valence-corrected chi connectivity index (χ1v) is 11.8. The summed E-state index contributed by atoms with van der Waals surface area (Å²) in [6.45, 7) is 2.82. The highest BCUT2D eigenvalue weighted by Gasteiger charge is 2.14. The summed E-state index contributed by atoms with van der Waals surface area (Å²) in [5.41, 5.74) is 2.26. The third-order valence-electron chi connectivity index (χ3n) is 4.48. The molecule has 0 saturated heterocycles. The highest BCUT2D eigenvalue weighted by Crippen LogP contribution is 2.29. The molecule has 148 valence electrons. The van der Waals surface area contributed by atoms with Crippen LogP contribution in [0.2, 0.25) is 0 Å². The van der Waals surface area contributed by atoms with Crippen molar-refractivity contribution in [2.24, 2.45) is 4.99 Å². The fourth-order valence-electron chi connectivity index (χ4n) is 3.06. The van der Waals surface area contributed by atoms with Crippen LogP contribution in [0.5, 0.6) is 0 Å². The van der Waals surface area contributed by atoms with E-state index >= 15 is 0 Å². The molecule has 0 aliphatic rings. The average molecular weight is 444 g/mol. The molecule has 1 amide bonds. The lowest BCUT2D eigenvalue weighted by Gasteiger charge is -2.03. The van der Waals surface area contributed by atoms with Crippen LogP contribution >= 0.6 is 34.4 Å². The van der Waals surface area contributed by atoms with Crippen LogP contribution in [0.4, 0.5) is 5.69 Å². The number of nitro benzene ring substituents is 1. The lowest BCUT2D eigenvalue weighted by atomic mass is 10.2. The minimum atomic E-state index is -0.434. The van der Waals surface area contributed by atoms with Crippen LogP contribution in [0.3, 0.4) is 0 Å². The summed E-state index contributed by atoms with van der Waals surface area (Å²) in [6.07, 6.45) is 2.05. The number of amides is 1. The lowest BCUT2D eigenvalue weighted by Crippen LogP contribution is -2.18. The minimum Gasteiger partial charge on any atom is -0.316 e. The fourth-order valence-corrected chi connectivity index (χ4v) is 5.50. The Kier molecular flexibility index (Phi) is 5.53. The number of carbonyl (C=O) groups is 1. The van der Waals surface area contributed by atoms with Crippen molar-refractivity contribution in [3.05, 3.63) is 67.8 Å². The van der Waals surface area contributed by atoms with Gasteiger partial charge in [-0.3, -0.25) is 14.9 Å². The topological polar surface area (TPSA) is 77.5 Å². The second-order valence-electron chi connectivity index (χ2n) is 6.51. The normalized spacial score (nSPS) is 12.1. The van der Waals surface area contributed by atoms with Gasteiger partial charge in [0.15, 0.2) is 4.80 Å². The number of nitrogens with zero attached hydrogens (tertiary/aromatic N) is 3. The van der Waals surface area contributed by atoms with Crippen LogP contribution in [0.1, 0.15) is 15.2 Å². The van der Waals surface area contributed by atoms with Gasteiger partial charge in [-0.2, -0.15) is 16.8 Å². The van der Waals surface area contributed by atoms with Crippen LogP contribution in [0, 0.1) is 17.0 Å². The van der Waals surface area contributed by atoms with E-state index in [0.717, 1.165) is 27.2 Å². The van der Waals surface area contributed by atoms with Crippen LogP contribution in [0.25, 0.3) is 20.3 Å². The molecule has 0 bridgehead atoms. The van der Waals surface area contributed by atoms with Gasteiger partial charge in [0, 0.05) is 34.5 Å². The number of thiophene rings is 1. The van der Waals surface area contributed by atoms with E-state index in [1.165, 1.54) is 40.4 Å². The van der Waals surface area contributed by atoms with Crippen molar-refractivity contribution in [2.75, 3.05) is 12.0 Å². The van der Waals surface area contributed by atoms with Crippen LogP contribution < -0.4 is 4.80 Å². The van der Waals surface area contributed by atoms with E-state index < -0.39 is 4.92 Å². The Balaban J connectivity index is 1.78. The molecule has 29 heavy (non-hydrogen) atoms. The molecular formula is C20H17N3O3S3. The van der Waals surface area contributed by atoms with Crippen LogP contribution in [-0.2, 0) is 6.54 Å². The Hall–Kier alpha value is -2.49. The zero-order valence-electron chi connectivity index (χ0n) is 15.7. The van der Waals surface area contributed by atoms with Gasteiger partial charge in [-0.1, -0.05) is 17.4 Å². The van der Waals surface area contributed by atoms with Gasteiger partial charge in [0.1, 0.15) is 0 Å². The molecule has 9 heteroatoms. The molecule has 0 spiro atoms. The van der Waals surface area contributed by atoms with Crippen molar-refractivity contribution in [3.63, 3.8) is 0 Å². The maximum absolute atomic E-state index is 12.9. The number of benzene rings is 2. The van der Waals surface area contributed by atoms with Gasteiger partial charge >= 0.3 is 0 Å². The molecule has 0 N–H and O–H groups in total. The lowest BCUT2D eigenvalue weighted by molar-refractivity contribution is -0.384. The van der Waals surface area contributed by atoms with Gasteiger partial charge in [-0.25, -0.2) is 0 Å². The first-order valence-electron chi connectivity index (χ1n) is 8.82. The van der Waals surface area contributed by atoms with E-state index in [0.29, 0.717) is 15.1 Å². The van der Waals surface area contributed by atoms with Crippen molar-refractivity contribution in [2.45, 2.75) is 13.5 Å². The zero-order valence-corrected chi connectivity index (χ0v) is 18.2. The standard InChI is InChI=1S/C20H17N3O3S3/c1-12-3-5-15-17(9-12)29-20(22(15)7-8-27-2)21-19(24)18-11-13-10-14(23(25)26)4-6-16(13)28-18/h3-6,9-11H,7-8H2,1-2H3. The third-order valence-corrected chi connectivity index (χ3v) is 7.21. The largest absolute Gasteiger partial charge is 0.316 e. The van der Waals surface area contributed by atoms with Gasteiger partial charge in [0.25, 0.3) is 11.6 Å². The van der Waals surface area contributed by atoms with Gasteiger partial charge in [-0.05, 0) is 43.0 Å². The molecule has 2 aromatic heterocycles. The molecule has 0 radical (unpaired) electrons. The van der Waals surface area contributed by atoms with Gasteiger partial charge in [0.05, 0.1) is 20.0 Å². The van der Waals surface area contributed by atoms with Gasteiger partial charge < -0.3 is 4.57 Å². The highest BCUT2D eigenvalue weighted by molar-refractivity contribution is 7.98. The number of thioether (sulfide) groups is 1. The number of fused-ring (bicyclic) bond motifs is 2. The molecule has 0 fully saturated rings. The quantitative estimate of drug-likeness (QED) is 0.312. The van der Waals surface area contributed by atoms with Gasteiger partial charge in [-0.15, -0.1) is 11.3 Å². The van der Waals surface area contributed by atoms with Crippen molar-refractivity contribution in [1.82, 2.24) is 4.57 Å². The summed E-state index contributed by atoms with van der Waals surface area (Å²) in [5.74, 6) is 0.600. The van der Waals surface area contributed by atoms with Crippen molar-refractivity contribution >= 4 is 66.3 Å². The number of hydrogen-bond donors (Lipinski definition) is 0. The number of thiazole rings is 1. The summed E-state index contributed by atoms with van der Waals surface area (Å²) in [7, 11) is 0. The summed E-state index contributed by atoms with van der Waals surface area (Å²) in [5, 5.41) is 11.7. The summed E-state index contributed by atoms with van der Waals surface area (Å²) < 4.78 is 4.02. The average Bonchev–Trinajstić information content (AvgIpc) is 3.26. The second kappa shape index (κ2) is 8.10. The van der Waals surface area contributed by atoms with Gasteiger partial charge in [0.2, 0.25) is 0 Å². The Morgan fingerprint density at radius 1 is 1.17 bits per heavy atom. The molecule has 0 unspecified atom stereocenters. The summed E-state index contributed by atoms with van der Waals surface area (Å²) >= 11 is 4.56. The van der Waals surface area contributed by atoms with E-state index in [4.69, 9.17) is 0 Å². The molecule has 2 heterocycles. The monoisotopic (exact) mass is 443 g/mol. The van der Waals surface area contributed by atoms with Crippen molar-refractivity contribution < 1.29 is 9.72 Å². The number of rotatable bonds is 5. The summed E-state index contributed by atoms with van der Waals surface area (Å²) in [6, 6.07) is 12.5. The number of aromatic nitrogens is 1. The minimum absolute atomic E-state index is 0.0148. The number of hydrogen-bond acceptors (Lipinski definition) is 6. The molecule has 0 aliphatic carbocycles. The predicted molar refractivity (Wildman–Crippen MR) is 121 cm³/mol. The van der Waals surface area contributed by atoms with Crippen LogP contribution in [0.15, 0.2) is 47.5 Å². The first kappa shape index (κ1) is 19.8. The molecule has 0 atom stereocenters. The second-order valence-corrected chi connectivity index (χ2v) is 9.59. The van der Waals surface area contributed by atoms with Crippen molar-refractivity contribution in [3.8, 4) is 0 Å². The smallest absolute Gasteiger partial charge is 0.289 e. The maximum Gasteiger partial charge on any atom is 0.289 e. The van der Waals surface area contributed by atoms with Crippen LogP contribution in [-0.4, -0.2) is 27.4 Å². The summed E-state index contributed by atoms with van der Waals surface area (Å²) in [4.78, 5) is 29.0. The van der Waals surface area contributed by atoms with E-state index in [2.05, 4.69) is 34.0 Å². The van der Waals surface area contributed by atoms with E-state index in [-0.39, 0.29) is 11.6 Å². The number of non-ortho nitro benzene ring substituents is 1. The van der Waals surface area contributed by atoms with E-state index in [9.17, 15) is 14.9 Å². The Morgan fingerprint density at radius 3 is 2.76 bits per heavy atom. The number of carbonyl (C=O) groups excluding carboxylic acids is 1. The van der Waals surface area contributed by atoms with E-state index in [1.54, 1.807) is 23.9 Å². The zero-order chi connectivity index (χ0) is 20.5. The fraction of sp³-hybridized carbons (Fsp3) is 0.200. The van der Waals surface area contributed by atoms with E-state index in [1.807, 2.05) is 6.92 Å². The Bertz CT molecular complexity index is 1320. The first-order chi connectivity index (χ1) is 14.0. The molecule has 6 nitrogen and oxygen atoms in total. The molecule has 0 saturated carbocycles. The molecule has 4 rings (SSSR count). The third kappa shape index (κ3) is 3.98. The molecule has 0 aliphatic heterocycles. The SMILES string of the molecule is CSCCn1c(=NC(=O)c2cc3cc([N+](=O)[O-])ccc3s2)sc2cc(C)ccc21. The molecular weight excluding hydrogens is 426 g/mol. The Labute approximate surface area is 178 Å². The predicted octanol–water partition coefficient (Wildman–Crippen LogP) is 5.24. The highest BCUT2D eigenvalue weighted by atomic mass is 32.2. The number of aryl methyl sites for hydroxylation is 2. The van der Waals surface area contributed by atoms with Crippen molar-refractivity contribution in [1.29, 1.82) is 0 Å². The maximum atomic E-state index is 12.9. The number of nitro groups is 1. The molecule has 4 aromatic rings. The molecule has 2 aromatic carbocycles. The Morgan fingerprint density at radius 2 is 2.00 bits per heavy atom.